The molecule has 6 heteroatoms. The second-order valence-electron chi connectivity index (χ2n) is 4.73. The number of rotatable bonds is 5. The Morgan fingerprint density at radius 3 is 2.61 bits per heavy atom. The quantitative estimate of drug-likeness (QED) is 0.495. The summed E-state index contributed by atoms with van der Waals surface area (Å²) in [5.74, 6) is 0.504. The number of halogens is 1. The Bertz CT molecular complexity index is 701. The van der Waals surface area contributed by atoms with Gasteiger partial charge in [0, 0.05) is 11.3 Å². The largest absolute Gasteiger partial charge is 0.494 e. The van der Waals surface area contributed by atoms with Crippen LogP contribution in [0.2, 0.25) is 0 Å². The van der Waals surface area contributed by atoms with Crippen molar-refractivity contribution < 1.29 is 9.13 Å². The Morgan fingerprint density at radius 2 is 1.96 bits per heavy atom. The van der Waals surface area contributed by atoms with Gasteiger partial charge in [0.1, 0.15) is 11.6 Å². The minimum absolute atomic E-state index is 0.299. The molecule has 0 radical (unpaired) electrons. The molecule has 0 saturated carbocycles. The van der Waals surface area contributed by atoms with Gasteiger partial charge in [-0.1, -0.05) is 12.1 Å². The molecule has 0 aliphatic heterocycles. The summed E-state index contributed by atoms with van der Waals surface area (Å²) < 4.78 is 18.6. The van der Waals surface area contributed by atoms with E-state index in [1.807, 2.05) is 31.2 Å². The normalized spacial score (nSPS) is 11.0. The van der Waals surface area contributed by atoms with Crippen molar-refractivity contribution in [3.8, 4) is 5.75 Å². The van der Waals surface area contributed by atoms with Crippen LogP contribution in [0, 0.1) is 5.82 Å². The Morgan fingerprint density at radius 1 is 1.22 bits per heavy atom. The van der Waals surface area contributed by atoms with E-state index in [0.717, 1.165) is 11.4 Å². The molecular formula is C17H18FN3OS. The molecule has 0 spiro atoms. The van der Waals surface area contributed by atoms with Crippen molar-refractivity contribution in [2.45, 2.75) is 13.8 Å². The van der Waals surface area contributed by atoms with Crippen LogP contribution < -0.4 is 15.5 Å². The van der Waals surface area contributed by atoms with Gasteiger partial charge in [0.25, 0.3) is 0 Å². The Labute approximate surface area is 140 Å². The van der Waals surface area contributed by atoms with Gasteiger partial charge >= 0.3 is 0 Å². The zero-order valence-corrected chi connectivity index (χ0v) is 13.8. The van der Waals surface area contributed by atoms with Crippen LogP contribution in [0.25, 0.3) is 0 Å². The minimum atomic E-state index is -0.299. The number of anilines is 1. The molecule has 0 amide bonds. The number of hydrogen-bond donors (Lipinski definition) is 2. The number of benzene rings is 2. The van der Waals surface area contributed by atoms with E-state index < -0.39 is 0 Å². The van der Waals surface area contributed by atoms with E-state index in [1.54, 1.807) is 19.1 Å². The number of nitrogens with one attached hydrogen (secondary N) is 2. The third-order valence-electron chi connectivity index (χ3n) is 2.99. The first-order valence-electron chi connectivity index (χ1n) is 7.18. The SMILES string of the molecule is CCOc1ccc(NC(=S)NN=C(C)c2cccc(F)c2)cc1. The second kappa shape index (κ2) is 8.24. The topological polar surface area (TPSA) is 45.6 Å². The summed E-state index contributed by atoms with van der Waals surface area (Å²) in [6.07, 6.45) is 0. The van der Waals surface area contributed by atoms with Gasteiger partial charge in [0.2, 0.25) is 0 Å². The third kappa shape index (κ3) is 5.34. The summed E-state index contributed by atoms with van der Waals surface area (Å²) in [6.45, 7) is 4.34. The molecule has 2 rings (SSSR count). The van der Waals surface area contributed by atoms with Gasteiger partial charge in [0.05, 0.1) is 12.3 Å². The molecule has 0 unspecified atom stereocenters. The Hall–Kier alpha value is -2.47. The van der Waals surface area contributed by atoms with Crippen LogP contribution in [0.3, 0.4) is 0 Å². The summed E-state index contributed by atoms with van der Waals surface area (Å²) in [6, 6.07) is 13.7. The van der Waals surface area contributed by atoms with Crippen molar-refractivity contribution in [3.05, 3.63) is 59.9 Å². The average Bonchev–Trinajstić information content (AvgIpc) is 2.55. The lowest BCUT2D eigenvalue weighted by atomic mass is 10.1. The van der Waals surface area contributed by atoms with Crippen LogP contribution in [0.15, 0.2) is 53.6 Å². The first-order chi connectivity index (χ1) is 11.1. The van der Waals surface area contributed by atoms with Crippen molar-refractivity contribution >= 4 is 28.7 Å². The van der Waals surface area contributed by atoms with Gasteiger partial charge in [-0.15, -0.1) is 0 Å². The maximum atomic E-state index is 13.2. The molecule has 0 heterocycles. The Balaban J connectivity index is 1.92. The number of hydrogen-bond acceptors (Lipinski definition) is 3. The molecule has 0 atom stereocenters. The fraction of sp³-hybridized carbons (Fsp3) is 0.176. The van der Waals surface area contributed by atoms with Crippen LogP contribution in [0.4, 0.5) is 10.1 Å². The van der Waals surface area contributed by atoms with Crippen LogP contribution in [-0.4, -0.2) is 17.4 Å². The lowest BCUT2D eigenvalue weighted by Gasteiger charge is -2.09. The maximum Gasteiger partial charge on any atom is 0.191 e. The van der Waals surface area contributed by atoms with Crippen molar-refractivity contribution in [2.75, 3.05) is 11.9 Å². The smallest absolute Gasteiger partial charge is 0.191 e. The van der Waals surface area contributed by atoms with Gasteiger partial charge in [0.15, 0.2) is 5.11 Å². The molecule has 120 valence electrons. The predicted octanol–water partition coefficient (Wildman–Crippen LogP) is 3.94. The highest BCUT2D eigenvalue weighted by molar-refractivity contribution is 7.80. The molecule has 0 fully saturated rings. The molecule has 4 nitrogen and oxygen atoms in total. The number of ether oxygens (including phenoxy) is 1. The number of nitrogens with zero attached hydrogens (tertiary/aromatic N) is 1. The highest BCUT2D eigenvalue weighted by Gasteiger charge is 2.01. The molecule has 2 N–H and O–H groups in total. The zero-order valence-electron chi connectivity index (χ0n) is 13.0. The number of thiocarbonyl (C=S) groups is 1. The van der Waals surface area contributed by atoms with Gasteiger partial charge in [-0.25, -0.2) is 4.39 Å². The highest BCUT2D eigenvalue weighted by atomic mass is 32.1. The van der Waals surface area contributed by atoms with E-state index in [2.05, 4.69) is 15.8 Å². The molecule has 0 aromatic heterocycles. The van der Waals surface area contributed by atoms with Crippen molar-refractivity contribution in [2.24, 2.45) is 5.10 Å². The Kier molecular flexibility index (Phi) is 6.05. The highest BCUT2D eigenvalue weighted by Crippen LogP contribution is 2.15. The first-order valence-corrected chi connectivity index (χ1v) is 7.59. The van der Waals surface area contributed by atoms with E-state index in [-0.39, 0.29) is 5.82 Å². The molecule has 0 saturated heterocycles. The van der Waals surface area contributed by atoms with Gasteiger partial charge < -0.3 is 10.1 Å². The summed E-state index contributed by atoms with van der Waals surface area (Å²) in [4.78, 5) is 0. The monoisotopic (exact) mass is 331 g/mol. The molecule has 0 aliphatic rings. The number of hydrazone groups is 1. The van der Waals surface area contributed by atoms with Crippen molar-refractivity contribution in [3.63, 3.8) is 0 Å². The van der Waals surface area contributed by atoms with E-state index in [9.17, 15) is 4.39 Å². The van der Waals surface area contributed by atoms with Gasteiger partial charge in [-0.2, -0.15) is 5.10 Å². The van der Waals surface area contributed by atoms with E-state index in [0.29, 0.717) is 23.0 Å². The molecule has 2 aromatic rings. The third-order valence-corrected chi connectivity index (χ3v) is 3.18. The van der Waals surface area contributed by atoms with Gasteiger partial charge in [-0.3, -0.25) is 5.43 Å². The minimum Gasteiger partial charge on any atom is -0.494 e. The lowest BCUT2D eigenvalue weighted by Crippen LogP contribution is -2.24. The fourth-order valence-corrected chi connectivity index (χ4v) is 2.04. The van der Waals surface area contributed by atoms with Crippen LogP contribution in [-0.2, 0) is 0 Å². The van der Waals surface area contributed by atoms with Crippen molar-refractivity contribution in [1.29, 1.82) is 0 Å². The van der Waals surface area contributed by atoms with Crippen LogP contribution in [0.1, 0.15) is 19.4 Å². The molecule has 0 bridgehead atoms. The summed E-state index contributed by atoms with van der Waals surface area (Å²) in [5, 5.41) is 7.52. The molecule has 0 aliphatic carbocycles. The van der Waals surface area contributed by atoms with E-state index in [4.69, 9.17) is 17.0 Å². The van der Waals surface area contributed by atoms with Crippen LogP contribution >= 0.6 is 12.2 Å². The molecule has 23 heavy (non-hydrogen) atoms. The summed E-state index contributed by atoms with van der Waals surface area (Å²) in [5.41, 5.74) is 4.90. The molecular weight excluding hydrogens is 313 g/mol. The van der Waals surface area contributed by atoms with E-state index in [1.165, 1.54) is 12.1 Å². The van der Waals surface area contributed by atoms with Gasteiger partial charge in [-0.05, 0) is 62.5 Å². The first kappa shape index (κ1) is 16.9. The predicted molar refractivity (Wildman–Crippen MR) is 95.6 cm³/mol. The van der Waals surface area contributed by atoms with Crippen molar-refractivity contribution in [1.82, 2.24) is 5.43 Å². The summed E-state index contributed by atoms with van der Waals surface area (Å²) >= 11 is 5.18. The zero-order chi connectivity index (χ0) is 16.7. The van der Waals surface area contributed by atoms with Crippen LogP contribution in [0.5, 0.6) is 5.75 Å². The fourth-order valence-electron chi connectivity index (χ4n) is 1.87. The maximum absolute atomic E-state index is 13.2. The second-order valence-corrected chi connectivity index (χ2v) is 5.14. The van der Waals surface area contributed by atoms with E-state index >= 15 is 0 Å². The average molecular weight is 331 g/mol. The summed E-state index contributed by atoms with van der Waals surface area (Å²) in [7, 11) is 0. The lowest BCUT2D eigenvalue weighted by molar-refractivity contribution is 0.340. The molecule has 2 aromatic carbocycles. The standard InChI is InChI=1S/C17H18FN3OS/c1-3-22-16-9-7-15(8-10-16)19-17(23)21-20-12(2)13-5-4-6-14(18)11-13/h4-11H,3H2,1-2H3,(H2,19,21,23).